The lowest BCUT2D eigenvalue weighted by atomic mass is 9.99. The molecule has 1 saturated heterocycles. The third-order valence-electron chi connectivity index (χ3n) is 6.13. The summed E-state index contributed by atoms with van der Waals surface area (Å²) in [6, 6.07) is 20.5. The number of nitrogens with one attached hydrogen (secondary N) is 1. The molecule has 1 fully saturated rings. The Hall–Kier alpha value is -3.78. The molecule has 192 valence electrons. The molecular formula is C29H29BrN2O5. The van der Waals surface area contributed by atoms with Gasteiger partial charge in [-0.3, -0.25) is 15.0 Å². The lowest BCUT2D eigenvalue weighted by Gasteiger charge is -2.15. The number of hydrazine groups is 1. The van der Waals surface area contributed by atoms with Gasteiger partial charge in [-0.25, -0.2) is 5.01 Å². The molecule has 4 rings (SSSR count). The number of amides is 2. The molecule has 37 heavy (non-hydrogen) atoms. The normalized spacial score (nSPS) is 15.0. The Bertz CT molecular complexity index is 1290. The van der Waals surface area contributed by atoms with Crippen molar-refractivity contribution in [1.82, 2.24) is 5.43 Å². The largest absolute Gasteiger partial charge is 0.493 e. The lowest BCUT2D eigenvalue weighted by molar-refractivity contribution is -0.117. The highest BCUT2D eigenvalue weighted by molar-refractivity contribution is 9.10. The van der Waals surface area contributed by atoms with Crippen LogP contribution in [0.2, 0.25) is 0 Å². The minimum absolute atomic E-state index is 0.0271. The number of para-hydroxylation sites is 1. The van der Waals surface area contributed by atoms with E-state index in [-0.39, 0.29) is 5.57 Å². The Morgan fingerprint density at radius 1 is 1.00 bits per heavy atom. The average molecular weight is 565 g/mol. The van der Waals surface area contributed by atoms with Crippen LogP contribution in [-0.4, -0.2) is 32.1 Å². The van der Waals surface area contributed by atoms with Crippen LogP contribution in [0.4, 0.5) is 5.69 Å². The topological polar surface area (TPSA) is 77.1 Å². The van der Waals surface area contributed by atoms with Crippen LogP contribution in [0.1, 0.15) is 37.3 Å². The van der Waals surface area contributed by atoms with E-state index in [0.717, 1.165) is 12.2 Å². The van der Waals surface area contributed by atoms with Gasteiger partial charge in [-0.15, -0.1) is 0 Å². The first-order chi connectivity index (χ1) is 17.9. The van der Waals surface area contributed by atoms with Gasteiger partial charge >= 0.3 is 0 Å². The van der Waals surface area contributed by atoms with E-state index in [4.69, 9.17) is 14.2 Å². The van der Waals surface area contributed by atoms with Crippen molar-refractivity contribution in [2.45, 2.75) is 26.2 Å². The molecule has 1 N–H and O–H groups in total. The highest BCUT2D eigenvalue weighted by Gasteiger charge is 2.34. The fourth-order valence-corrected chi connectivity index (χ4v) is 4.45. The molecule has 7 nitrogen and oxygen atoms in total. The van der Waals surface area contributed by atoms with E-state index in [0.29, 0.717) is 46.4 Å². The van der Waals surface area contributed by atoms with Gasteiger partial charge < -0.3 is 14.2 Å². The van der Waals surface area contributed by atoms with Gasteiger partial charge in [-0.1, -0.05) is 44.2 Å². The summed E-state index contributed by atoms with van der Waals surface area (Å²) in [5.74, 6) is 1.37. The number of anilines is 1. The molecule has 0 spiro atoms. The molecule has 1 aliphatic rings. The standard InChI is InChI=1S/C29H29BrN2O5/c1-4-19(2)21-10-12-23(13-11-21)36-14-15-37-27-25(30)17-20(18-26(27)35-3)16-24-28(33)31-32(29(24)34)22-8-6-5-7-9-22/h5-13,16-19H,4,14-15H2,1-3H3,(H,31,33)/b24-16+/t19-/m0/s1. The van der Waals surface area contributed by atoms with E-state index in [1.807, 2.05) is 18.2 Å². The van der Waals surface area contributed by atoms with Gasteiger partial charge in [-0.2, -0.15) is 0 Å². The number of rotatable bonds is 10. The molecule has 1 atom stereocenters. The maximum atomic E-state index is 12.9. The van der Waals surface area contributed by atoms with Crippen LogP contribution in [0.25, 0.3) is 6.08 Å². The highest BCUT2D eigenvalue weighted by atomic mass is 79.9. The van der Waals surface area contributed by atoms with Crippen LogP contribution < -0.4 is 24.6 Å². The molecular weight excluding hydrogens is 536 g/mol. The predicted octanol–water partition coefficient (Wildman–Crippen LogP) is 5.89. The number of halogens is 1. The van der Waals surface area contributed by atoms with Crippen LogP contribution in [-0.2, 0) is 9.59 Å². The second kappa shape index (κ2) is 12.0. The second-order valence-electron chi connectivity index (χ2n) is 8.58. The van der Waals surface area contributed by atoms with Crippen molar-refractivity contribution in [2.24, 2.45) is 0 Å². The van der Waals surface area contributed by atoms with Crippen molar-refractivity contribution in [3.8, 4) is 17.2 Å². The van der Waals surface area contributed by atoms with E-state index in [9.17, 15) is 9.59 Å². The van der Waals surface area contributed by atoms with E-state index < -0.39 is 11.8 Å². The highest BCUT2D eigenvalue weighted by Crippen LogP contribution is 2.37. The van der Waals surface area contributed by atoms with Gasteiger partial charge in [0, 0.05) is 0 Å². The summed E-state index contributed by atoms with van der Waals surface area (Å²) in [7, 11) is 1.53. The van der Waals surface area contributed by atoms with Crippen molar-refractivity contribution in [2.75, 3.05) is 25.3 Å². The molecule has 0 aromatic heterocycles. The molecule has 8 heteroatoms. The van der Waals surface area contributed by atoms with E-state index in [2.05, 4.69) is 47.3 Å². The third-order valence-corrected chi connectivity index (χ3v) is 6.72. The van der Waals surface area contributed by atoms with E-state index in [1.54, 1.807) is 36.4 Å². The van der Waals surface area contributed by atoms with Crippen LogP contribution in [0.5, 0.6) is 17.2 Å². The molecule has 1 aliphatic heterocycles. The molecule has 2 amide bonds. The van der Waals surface area contributed by atoms with E-state index >= 15 is 0 Å². The summed E-state index contributed by atoms with van der Waals surface area (Å²) in [6.07, 6.45) is 2.63. The summed E-state index contributed by atoms with van der Waals surface area (Å²) in [5, 5.41) is 1.23. The Labute approximate surface area is 225 Å². The first-order valence-electron chi connectivity index (χ1n) is 12.1. The number of carbonyl (C=O) groups is 2. The quantitative estimate of drug-likeness (QED) is 0.189. The third kappa shape index (κ3) is 6.14. The van der Waals surface area contributed by atoms with Gasteiger partial charge in [0.25, 0.3) is 11.8 Å². The molecule has 0 unspecified atom stereocenters. The number of hydrogen-bond acceptors (Lipinski definition) is 5. The number of benzene rings is 3. The number of methoxy groups -OCH3 is 1. The number of ether oxygens (including phenoxy) is 3. The minimum Gasteiger partial charge on any atom is -0.493 e. The zero-order valence-corrected chi connectivity index (χ0v) is 22.6. The molecule has 0 radical (unpaired) electrons. The molecule has 1 heterocycles. The van der Waals surface area contributed by atoms with Gasteiger partial charge in [0.1, 0.15) is 24.5 Å². The molecule has 0 saturated carbocycles. The summed E-state index contributed by atoms with van der Waals surface area (Å²) in [6.45, 7) is 5.03. The van der Waals surface area contributed by atoms with Crippen molar-refractivity contribution < 1.29 is 23.8 Å². The molecule has 0 bridgehead atoms. The fourth-order valence-electron chi connectivity index (χ4n) is 3.88. The first-order valence-corrected chi connectivity index (χ1v) is 12.9. The summed E-state index contributed by atoms with van der Waals surface area (Å²) in [5.41, 5.74) is 5.11. The van der Waals surface area contributed by atoms with Crippen LogP contribution >= 0.6 is 15.9 Å². The maximum Gasteiger partial charge on any atom is 0.282 e. The minimum atomic E-state index is -0.474. The summed E-state index contributed by atoms with van der Waals surface area (Å²) >= 11 is 3.52. The van der Waals surface area contributed by atoms with Gasteiger partial charge in [0.2, 0.25) is 0 Å². The smallest absolute Gasteiger partial charge is 0.282 e. The van der Waals surface area contributed by atoms with Crippen LogP contribution in [0.15, 0.2) is 76.8 Å². The van der Waals surface area contributed by atoms with Gasteiger partial charge in [0.05, 0.1) is 17.3 Å². The Balaban J connectivity index is 1.41. The Morgan fingerprint density at radius 2 is 1.70 bits per heavy atom. The number of hydrogen-bond donors (Lipinski definition) is 1. The second-order valence-corrected chi connectivity index (χ2v) is 9.44. The predicted molar refractivity (Wildman–Crippen MR) is 147 cm³/mol. The summed E-state index contributed by atoms with van der Waals surface area (Å²) in [4.78, 5) is 25.4. The molecule has 0 aliphatic carbocycles. The van der Waals surface area contributed by atoms with Crippen molar-refractivity contribution in [3.63, 3.8) is 0 Å². The Kier molecular flexibility index (Phi) is 8.50. The van der Waals surface area contributed by atoms with E-state index in [1.165, 1.54) is 23.8 Å². The lowest BCUT2D eigenvalue weighted by Crippen LogP contribution is -2.35. The van der Waals surface area contributed by atoms with Crippen LogP contribution in [0.3, 0.4) is 0 Å². The van der Waals surface area contributed by atoms with Crippen molar-refractivity contribution in [1.29, 1.82) is 0 Å². The first kappa shape index (κ1) is 26.3. The number of nitrogens with zero attached hydrogens (tertiary/aromatic N) is 1. The van der Waals surface area contributed by atoms with Crippen LogP contribution in [0, 0.1) is 0 Å². The fraction of sp³-hybridized carbons (Fsp3) is 0.241. The van der Waals surface area contributed by atoms with Crippen molar-refractivity contribution in [3.05, 3.63) is 87.9 Å². The maximum absolute atomic E-state index is 12.9. The Morgan fingerprint density at radius 3 is 2.38 bits per heavy atom. The summed E-state index contributed by atoms with van der Waals surface area (Å²) < 4.78 is 17.9. The monoisotopic (exact) mass is 564 g/mol. The van der Waals surface area contributed by atoms with Crippen molar-refractivity contribution >= 4 is 39.5 Å². The zero-order valence-electron chi connectivity index (χ0n) is 21.0. The SMILES string of the molecule is CC[C@H](C)c1ccc(OCCOc2c(Br)cc(/C=C3\C(=O)NN(c4ccccc4)C3=O)cc2OC)cc1. The van der Waals surface area contributed by atoms with Gasteiger partial charge in [0.15, 0.2) is 11.5 Å². The van der Waals surface area contributed by atoms with Gasteiger partial charge in [-0.05, 0) is 81.9 Å². The zero-order chi connectivity index (χ0) is 26.4. The molecule has 3 aromatic rings. The number of carbonyl (C=O) groups excluding carboxylic acids is 2. The molecule has 3 aromatic carbocycles. The average Bonchev–Trinajstić information content (AvgIpc) is 3.20.